The van der Waals surface area contributed by atoms with Crippen LogP contribution in [-0.2, 0) is 27.5 Å². The topological polar surface area (TPSA) is 82.9 Å². The molecule has 2 aliphatic rings. The molecule has 0 saturated carbocycles. The van der Waals surface area contributed by atoms with Gasteiger partial charge in [0.15, 0.2) is 6.73 Å². The molecule has 4 rings (SSSR count). The van der Waals surface area contributed by atoms with Crippen molar-refractivity contribution in [3.05, 3.63) is 29.5 Å². The molecule has 9 nitrogen and oxygen atoms in total. The van der Waals surface area contributed by atoms with Crippen molar-refractivity contribution >= 4 is 22.8 Å². The van der Waals surface area contributed by atoms with Gasteiger partial charge in [0.1, 0.15) is 0 Å². The molecule has 1 aromatic carbocycles. The highest BCUT2D eigenvalue weighted by atomic mass is 16.5. The second-order valence-corrected chi connectivity index (χ2v) is 9.73. The number of benzene rings is 1. The number of hydrogen-bond acceptors (Lipinski definition) is 7. The van der Waals surface area contributed by atoms with Crippen LogP contribution in [0.2, 0.25) is 0 Å². The first-order valence-electron chi connectivity index (χ1n) is 12.3. The summed E-state index contributed by atoms with van der Waals surface area (Å²) in [5.74, 6) is -0.159. The van der Waals surface area contributed by atoms with Gasteiger partial charge in [0, 0.05) is 50.7 Å². The van der Waals surface area contributed by atoms with Crippen molar-refractivity contribution in [2.75, 3.05) is 53.4 Å². The van der Waals surface area contributed by atoms with Crippen molar-refractivity contribution in [1.82, 2.24) is 29.8 Å². The van der Waals surface area contributed by atoms with Crippen molar-refractivity contribution < 1.29 is 14.3 Å². The number of carbonyl (C=O) groups is 2. The van der Waals surface area contributed by atoms with E-state index < -0.39 is 0 Å². The molecule has 34 heavy (non-hydrogen) atoms. The Kier molecular flexibility index (Phi) is 7.85. The molecule has 3 heterocycles. The van der Waals surface area contributed by atoms with Crippen LogP contribution in [0.1, 0.15) is 30.9 Å². The van der Waals surface area contributed by atoms with Crippen LogP contribution in [0.5, 0.6) is 0 Å². The van der Waals surface area contributed by atoms with Gasteiger partial charge in [0.2, 0.25) is 5.91 Å². The molecule has 1 aromatic heterocycles. The Morgan fingerprint density at radius 3 is 2.50 bits per heavy atom. The minimum absolute atomic E-state index is 0.0972. The largest absolute Gasteiger partial charge is 0.443 e. The maximum atomic E-state index is 13.3. The van der Waals surface area contributed by atoms with Crippen LogP contribution < -0.4 is 5.32 Å². The van der Waals surface area contributed by atoms with E-state index in [2.05, 4.69) is 39.4 Å². The zero-order valence-electron chi connectivity index (χ0n) is 20.9. The third kappa shape index (κ3) is 5.76. The van der Waals surface area contributed by atoms with Gasteiger partial charge in [0.05, 0.1) is 11.6 Å². The van der Waals surface area contributed by atoms with Gasteiger partial charge in [-0.05, 0) is 70.6 Å². The zero-order valence-corrected chi connectivity index (χ0v) is 20.9. The molecule has 0 spiro atoms. The van der Waals surface area contributed by atoms with E-state index in [0.717, 1.165) is 61.3 Å². The molecule has 1 N–H and O–H groups in total. The maximum Gasteiger partial charge on any atom is 0.304 e. The minimum atomic E-state index is -0.334. The Balaban J connectivity index is 1.37. The molecular formula is C25H38N6O3. The van der Waals surface area contributed by atoms with Gasteiger partial charge >= 0.3 is 5.97 Å². The Bertz CT molecular complexity index is 1010. The number of aryl methyl sites for hydroxylation is 1. The summed E-state index contributed by atoms with van der Waals surface area (Å²) in [7, 11) is 4.05. The number of piperazine rings is 1. The first-order chi connectivity index (χ1) is 16.3. The van der Waals surface area contributed by atoms with Crippen LogP contribution in [-0.4, -0.2) is 102 Å². The van der Waals surface area contributed by atoms with E-state index in [1.807, 2.05) is 25.1 Å². The summed E-state index contributed by atoms with van der Waals surface area (Å²) in [6.07, 6.45) is 4.95. The number of rotatable bonds is 7. The van der Waals surface area contributed by atoms with Gasteiger partial charge in [-0.2, -0.15) is 5.10 Å². The minimum Gasteiger partial charge on any atom is -0.443 e. The number of carbonyl (C=O) groups excluding carboxylic acids is 2. The van der Waals surface area contributed by atoms with Crippen LogP contribution in [0.4, 0.5) is 0 Å². The van der Waals surface area contributed by atoms with Crippen molar-refractivity contribution in [2.45, 2.75) is 51.9 Å². The third-order valence-electron chi connectivity index (χ3n) is 7.22. The van der Waals surface area contributed by atoms with Crippen molar-refractivity contribution in [3.8, 4) is 0 Å². The van der Waals surface area contributed by atoms with E-state index >= 15 is 0 Å². The van der Waals surface area contributed by atoms with E-state index in [4.69, 9.17) is 4.74 Å². The van der Waals surface area contributed by atoms with Gasteiger partial charge in [-0.3, -0.25) is 14.5 Å². The number of nitrogens with zero attached hydrogens (tertiary/aromatic N) is 5. The number of esters is 1. The van der Waals surface area contributed by atoms with Crippen LogP contribution in [0.15, 0.2) is 18.3 Å². The van der Waals surface area contributed by atoms with Crippen molar-refractivity contribution in [1.29, 1.82) is 0 Å². The first kappa shape index (κ1) is 24.6. The Morgan fingerprint density at radius 1 is 1.15 bits per heavy atom. The first-order valence-corrected chi connectivity index (χ1v) is 12.3. The lowest BCUT2D eigenvalue weighted by Crippen LogP contribution is -2.57. The summed E-state index contributed by atoms with van der Waals surface area (Å²) >= 11 is 0. The monoisotopic (exact) mass is 470 g/mol. The molecule has 1 amide bonds. The van der Waals surface area contributed by atoms with Crippen LogP contribution in [0.25, 0.3) is 10.9 Å². The molecule has 1 unspecified atom stereocenters. The SMILES string of the molecule is CNC(Cc1cc(C)c2nn(COC(C)=O)cc2c1)C(=O)N1CCN(C2CCN(C)CC2)CC1. The number of amides is 1. The third-order valence-corrected chi connectivity index (χ3v) is 7.22. The second kappa shape index (κ2) is 10.8. The van der Waals surface area contributed by atoms with Crippen molar-refractivity contribution in [2.24, 2.45) is 0 Å². The lowest BCUT2D eigenvalue weighted by Gasteiger charge is -2.42. The predicted molar refractivity (Wildman–Crippen MR) is 131 cm³/mol. The summed E-state index contributed by atoms with van der Waals surface area (Å²) in [6.45, 7) is 9.35. The highest BCUT2D eigenvalue weighted by Gasteiger charge is 2.30. The van der Waals surface area contributed by atoms with Gasteiger partial charge in [-0.25, -0.2) is 4.68 Å². The lowest BCUT2D eigenvalue weighted by atomic mass is 10.00. The van der Waals surface area contributed by atoms with E-state index in [-0.39, 0.29) is 24.6 Å². The number of hydrogen-bond donors (Lipinski definition) is 1. The van der Waals surface area contributed by atoms with E-state index in [1.165, 1.54) is 19.8 Å². The van der Waals surface area contributed by atoms with Gasteiger partial charge in [-0.15, -0.1) is 0 Å². The van der Waals surface area contributed by atoms with E-state index in [1.54, 1.807) is 4.68 Å². The van der Waals surface area contributed by atoms with Gasteiger partial charge in [0.25, 0.3) is 0 Å². The molecule has 2 aromatic rings. The van der Waals surface area contributed by atoms with Gasteiger partial charge in [-0.1, -0.05) is 6.07 Å². The molecule has 2 fully saturated rings. The number of likely N-dealkylation sites (N-methyl/N-ethyl adjacent to an activating group) is 1. The number of fused-ring (bicyclic) bond motifs is 1. The molecule has 186 valence electrons. The Labute approximate surface area is 202 Å². The average Bonchev–Trinajstić information content (AvgIpc) is 3.25. The fraction of sp³-hybridized carbons (Fsp3) is 0.640. The normalized spacial score (nSPS) is 19.5. The number of nitrogens with one attached hydrogen (secondary N) is 1. The number of ether oxygens (including phenoxy) is 1. The lowest BCUT2D eigenvalue weighted by molar-refractivity contribution is -0.145. The fourth-order valence-corrected chi connectivity index (χ4v) is 5.21. The summed E-state index contributed by atoms with van der Waals surface area (Å²) in [5.41, 5.74) is 3.02. The zero-order chi connectivity index (χ0) is 24.2. The molecule has 0 aliphatic carbocycles. The Morgan fingerprint density at radius 2 is 1.85 bits per heavy atom. The maximum absolute atomic E-state index is 13.3. The standard InChI is InChI=1S/C25H38N6O3/c1-18-13-20(14-21-16-31(27-24(18)21)17-34-19(2)32)15-23(26-3)25(33)30-11-9-29(10-12-30)22-5-7-28(4)8-6-22/h13-14,16,22-23,26H,5-12,15,17H2,1-4H3. The molecule has 9 heteroatoms. The van der Waals surface area contributed by atoms with Crippen LogP contribution in [0, 0.1) is 6.92 Å². The number of aromatic nitrogens is 2. The van der Waals surface area contributed by atoms with Gasteiger partial charge < -0.3 is 19.9 Å². The average molecular weight is 471 g/mol. The second-order valence-electron chi connectivity index (χ2n) is 9.73. The molecular weight excluding hydrogens is 432 g/mol. The summed E-state index contributed by atoms with van der Waals surface area (Å²) < 4.78 is 6.69. The highest BCUT2D eigenvalue weighted by molar-refractivity contribution is 5.84. The summed E-state index contributed by atoms with van der Waals surface area (Å²) in [5, 5.41) is 8.75. The van der Waals surface area contributed by atoms with E-state index in [9.17, 15) is 9.59 Å². The highest BCUT2D eigenvalue weighted by Crippen LogP contribution is 2.22. The quantitative estimate of drug-likeness (QED) is 0.610. The molecule has 2 saturated heterocycles. The predicted octanol–water partition coefficient (Wildman–Crippen LogP) is 1.23. The van der Waals surface area contributed by atoms with E-state index in [0.29, 0.717) is 12.5 Å². The molecule has 1 atom stereocenters. The summed E-state index contributed by atoms with van der Waals surface area (Å²) in [6, 6.07) is 4.57. The molecule has 0 bridgehead atoms. The fourth-order valence-electron chi connectivity index (χ4n) is 5.21. The van der Waals surface area contributed by atoms with Crippen LogP contribution in [0.3, 0.4) is 0 Å². The smallest absolute Gasteiger partial charge is 0.304 e. The van der Waals surface area contributed by atoms with Crippen LogP contribution >= 0.6 is 0 Å². The number of likely N-dealkylation sites (tertiary alicyclic amines) is 1. The summed E-state index contributed by atoms with van der Waals surface area (Å²) in [4.78, 5) is 31.4. The Hall–Kier alpha value is -2.49. The molecule has 2 aliphatic heterocycles. The van der Waals surface area contributed by atoms with Crippen molar-refractivity contribution in [3.63, 3.8) is 0 Å². The molecule has 0 radical (unpaired) electrons. The number of piperidine rings is 1.